The summed E-state index contributed by atoms with van der Waals surface area (Å²) in [6.07, 6.45) is -0.647. The quantitative estimate of drug-likeness (QED) is 0.170. The van der Waals surface area contributed by atoms with Crippen LogP contribution in [0.3, 0.4) is 0 Å². The third-order valence-electron chi connectivity index (χ3n) is 6.30. The Bertz CT molecular complexity index is 1600. The number of amides is 1. The minimum atomic E-state index is -1.18. The van der Waals surface area contributed by atoms with Crippen LogP contribution in [0.2, 0.25) is 0 Å². The molecule has 5 N–H and O–H groups in total. The number of aryl methyl sites for hydroxylation is 1. The number of aromatic nitrogens is 1. The lowest BCUT2D eigenvalue weighted by Gasteiger charge is -2.20. The number of nitrogens with two attached hydrogens (primary N) is 1. The van der Waals surface area contributed by atoms with E-state index < -0.39 is 35.6 Å². The predicted molar refractivity (Wildman–Crippen MR) is 148 cm³/mol. The van der Waals surface area contributed by atoms with Crippen LogP contribution in [0.25, 0.3) is 10.9 Å². The smallest absolute Gasteiger partial charge is 0.408 e. The lowest BCUT2D eigenvalue weighted by molar-refractivity contribution is -0.137. The zero-order valence-electron chi connectivity index (χ0n) is 21.8. The van der Waals surface area contributed by atoms with Gasteiger partial charge in [0.05, 0.1) is 16.9 Å². The molecule has 11 heteroatoms. The van der Waals surface area contributed by atoms with E-state index in [4.69, 9.17) is 20.0 Å². The number of fused-ring (bicyclic) bond motifs is 1. The summed E-state index contributed by atoms with van der Waals surface area (Å²) in [5, 5.41) is 14.4. The molecule has 0 spiro atoms. The minimum Gasteiger partial charge on any atom is -0.480 e. The van der Waals surface area contributed by atoms with Crippen molar-refractivity contribution >= 4 is 40.5 Å². The van der Waals surface area contributed by atoms with Gasteiger partial charge in [-0.05, 0) is 36.6 Å². The van der Waals surface area contributed by atoms with Crippen LogP contribution in [0.1, 0.15) is 34.0 Å². The Morgan fingerprint density at radius 1 is 1.05 bits per heavy atom. The minimum absolute atomic E-state index is 0.0143. The number of carboxylic acid groups (broad SMARTS) is 1. The number of hydrogen-bond donors (Lipinski definition) is 4. The topological polar surface area (TPSA) is 174 Å². The number of carbonyl (C=O) groups excluding carboxylic acids is 2. The average molecular weight is 545 g/mol. The second-order valence-corrected chi connectivity index (χ2v) is 9.18. The highest BCUT2D eigenvalue weighted by molar-refractivity contribution is 6.09. The molecule has 0 saturated carbocycles. The molecule has 1 heterocycles. The van der Waals surface area contributed by atoms with E-state index >= 15 is 0 Å². The van der Waals surface area contributed by atoms with Gasteiger partial charge in [0.2, 0.25) is 0 Å². The van der Waals surface area contributed by atoms with Crippen molar-refractivity contribution in [2.75, 3.05) is 11.1 Å². The number of hydrogen-bond acceptors (Lipinski definition) is 9. The standard InChI is InChI=1S/C29H28N4O7/c1-16-23-21(32-28(40-27(23)37)31-17(2)26(35)36)14-20(24(16)30)25(34)22(13-18-9-5-3-6-10-18)33-29(38)39-15-19-11-7-4-8-12-19/h3-12,14,17,22H,13,15,30H2,1-2H3,(H,31,32)(H,33,38)(H,35,36)/t17?,22-/m0/s1. The Morgan fingerprint density at radius 2 is 1.68 bits per heavy atom. The van der Waals surface area contributed by atoms with Crippen molar-refractivity contribution in [3.8, 4) is 0 Å². The summed E-state index contributed by atoms with van der Waals surface area (Å²) in [6.45, 7) is 2.92. The van der Waals surface area contributed by atoms with Crippen LogP contribution < -0.4 is 22.0 Å². The first kappa shape index (κ1) is 27.8. The fraction of sp³-hybridized carbons (Fsp3) is 0.207. The van der Waals surface area contributed by atoms with Crippen molar-refractivity contribution in [1.29, 1.82) is 0 Å². The summed E-state index contributed by atoms with van der Waals surface area (Å²) in [6, 6.07) is 17.1. The molecule has 1 unspecified atom stereocenters. The second kappa shape index (κ2) is 12.1. The highest BCUT2D eigenvalue weighted by atomic mass is 16.5. The maximum Gasteiger partial charge on any atom is 0.408 e. The zero-order chi connectivity index (χ0) is 28.8. The van der Waals surface area contributed by atoms with Gasteiger partial charge in [0, 0.05) is 17.7 Å². The average Bonchev–Trinajstić information content (AvgIpc) is 2.94. The van der Waals surface area contributed by atoms with Crippen LogP contribution in [0.4, 0.5) is 16.5 Å². The molecule has 0 bridgehead atoms. The Labute approximate surface area is 229 Å². The van der Waals surface area contributed by atoms with Gasteiger partial charge in [-0.15, -0.1) is 0 Å². The molecule has 4 aromatic rings. The summed E-state index contributed by atoms with van der Waals surface area (Å²) in [5.41, 5.74) is 7.49. The van der Waals surface area contributed by atoms with E-state index in [0.717, 1.165) is 11.1 Å². The third-order valence-corrected chi connectivity index (χ3v) is 6.30. The lowest BCUT2D eigenvalue weighted by Crippen LogP contribution is -2.43. The fourth-order valence-electron chi connectivity index (χ4n) is 4.10. The molecule has 0 aliphatic carbocycles. The zero-order valence-corrected chi connectivity index (χ0v) is 21.8. The number of ether oxygens (including phenoxy) is 1. The first-order valence-electron chi connectivity index (χ1n) is 12.4. The maximum absolute atomic E-state index is 13.8. The van der Waals surface area contributed by atoms with Gasteiger partial charge in [0.15, 0.2) is 5.78 Å². The number of aliphatic carboxylic acids is 1. The van der Waals surface area contributed by atoms with Crippen LogP contribution in [0.5, 0.6) is 0 Å². The highest BCUT2D eigenvalue weighted by Gasteiger charge is 2.27. The molecule has 0 aliphatic rings. The third kappa shape index (κ3) is 6.44. The molecule has 1 amide bonds. The van der Waals surface area contributed by atoms with Crippen molar-refractivity contribution in [2.45, 2.75) is 39.0 Å². The summed E-state index contributed by atoms with van der Waals surface area (Å²) >= 11 is 0. The number of anilines is 2. The molecule has 4 rings (SSSR count). The Hall–Kier alpha value is -5.19. The number of nitrogens with one attached hydrogen (secondary N) is 2. The number of Topliss-reactive ketones (excluding diaryl/α,β-unsaturated/α-hetero) is 1. The van der Waals surface area contributed by atoms with E-state index in [0.29, 0.717) is 0 Å². The van der Waals surface area contributed by atoms with E-state index in [-0.39, 0.29) is 46.8 Å². The summed E-state index contributed by atoms with van der Waals surface area (Å²) < 4.78 is 10.5. The van der Waals surface area contributed by atoms with Crippen molar-refractivity contribution in [1.82, 2.24) is 10.3 Å². The summed E-state index contributed by atoms with van der Waals surface area (Å²) in [4.78, 5) is 54.7. The van der Waals surface area contributed by atoms with Crippen molar-refractivity contribution < 1.29 is 28.6 Å². The van der Waals surface area contributed by atoms with Gasteiger partial charge in [0.1, 0.15) is 12.6 Å². The van der Waals surface area contributed by atoms with Gasteiger partial charge in [-0.3, -0.25) is 9.59 Å². The molecule has 1 aromatic heterocycles. The van der Waals surface area contributed by atoms with E-state index in [1.807, 2.05) is 60.7 Å². The van der Waals surface area contributed by atoms with Gasteiger partial charge >= 0.3 is 17.7 Å². The maximum atomic E-state index is 13.8. The molecule has 40 heavy (non-hydrogen) atoms. The molecule has 0 fully saturated rings. The van der Waals surface area contributed by atoms with Crippen molar-refractivity contribution in [3.63, 3.8) is 0 Å². The SMILES string of the molecule is Cc1c(N)c(C(=O)[C@H](Cc2ccccc2)NC(=O)OCc2ccccc2)cc2nc(NC(C)C(=O)O)oc(=O)c12. The number of benzene rings is 3. The Kier molecular flexibility index (Phi) is 8.43. The molecule has 2 atom stereocenters. The van der Waals surface area contributed by atoms with Gasteiger partial charge in [-0.2, -0.15) is 4.98 Å². The number of ketones is 1. The van der Waals surface area contributed by atoms with Gasteiger partial charge in [-0.1, -0.05) is 60.7 Å². The molecule has 0 aliphatic heterocycles. The molecule has 0 radical (unpaired) electrons. The number of carboxylic acids is 1. The van der Waals surface area contributed by atoms with Crippen LogP contribution >= 0.6 is 0 Å². The number of alkyl carbamates (subject to hydrolysis) is 1. The summed E-state index contributed by atoms with van der Waals surface area (Å²) in [7, 11) is 0. The van der Waals surface area contributed by atoms with Gasteiger partial charge < -0.3 is 30.6 Å². The lowest BCUT2D eigenvalue weighted by atomic mass is 9.94. The predicted octanol–water partition coefficient (Wildman–Crippen LogP) is 3.68. The molecular formula is C29H28N4O7. The molecule has 11 nitrogen and oxygen atoms in total. The monoisotopic (exact) mass is 544 g/mol. The normalized spacial score (nSPS) is 12.3. The van der Waals surface area contributed by atoms with Crippen molar-refractivity contribution in [2.24, 2.45) is 0 Å². The van der Waals surface area contributed by atoms with E-state index in [2.05, 4.69) is 15.6 Å². The highest BCUT2D eigenvalue weighted by Crippen LogP contribution is 2.27. The molecule has 206 valence electrons. The van der Waals surface area contributed by atoms with Crippen molar-refractivity contribution in [3.05, 3.63) is 99.4 Å². The first-order chi connectivity index (χ1) is 19.1. The summed E-state index contributed by atoms with van der Waals surface area (Å²) in [5.74, 6) is -1.70. The number of rotatable bonds is 10. The van der Waals surface area contributed by atoms with Crippen LogP contribution in [-0.4, -0.2) is 40.0 Å². The molecule has 3 aromatic carbocycles. The van der Waals surface area contributed by atoms with Crippen LogP contribution in [0, 0.1) is 6.92 Å². The van der Waals surface area contributed by atoms with E-state index in [1.165, 1.54) is 13.0 Å². The van der Waals surface area contributed by atoms with Gasteiger partial charge in [-0.25, -0.2) is 9.59 Å². The van der Waals surface area contributed by atoms with Gasteiger partial charge in [0.25, 0.3) is 6.01 Å². The fourth-order valence-corrected chi connectivity index (χ4v) is 4.10. The molecule has 0 saturated heterocycles. The largest absolute Gasteiger partial charge is 0.480 e. The Balaban J connectivity index is 1.67. The van der Waals surface area contributed by atoms with Crippen LogP contribution in [0.15, 0.2) is 75.9 Å². The van der Waals surface area contributed by atoms with E-state index in [9.17, 15) is 19.2 Å². The number of carbonyl (C=O) groups is 3. The number of nitrogen functional groups attached to an aromatic ring is 1. The second-order valence-electron chi connectivity index (χ2n) is 9.18. The molecular weight excluding hydrogens is 516 g/mol. The number of nitrogens with zero attached hydrogens (tertiary/aromatic N) is 1. The van der Waals surface area contributed by atoms with E-state index in [1.54, 1.807) is 6.92 Å². The first-order valence-corrected chi connectivity index (χ1v) is 12.4. The van der Waals surface area contributed by atoms with Crippen LogP contribution in [-0.2, 0) is 22.6 Å². The Morgan fingerprint density at radius 3 is 2.30 bits per heavy atom.